The number of halogens is 1. The Morgan fingerprint density at radius 3 is 2.60 bits per heavy atom. The van der Waals surface area contributed by atoms with Gasteiger partial charge in [0.25, 0.3) is 0 Å². The average Bonchev–Trinajstić information content (AvgIpc) is 3.29. The van der Waals surface area contributed by atoms with Gasteiger partial charge in [0.15, 0.2) is 0 Å². The molecule has 3 rings (SSSR count). The Morgan fingerprint density at radius 2 is 1.85 bits per heavy atom. The van der Waals surface area contributed by atoms with Gasteiger partial charge in [0, 0.05) is 17.6 Å². The number of hydrogen-bond acceptors (Lipinski definition) is 3. The molecule has 0 aliphatic heterocycles. The lowest BCUT2D eigenvalue weighted by Gasteiger charge is -2.08. The van der Waals surface area contributed by atoms with E-state index in [-0.39, 0.29) is 0 Å². The van der Waals surface area contributed by atoms with Crippen LogP contribution in [0.25, 0.3) is 0 Å². The quantitative estimate of drug-likeness (QED) is 0.882. The van der Waals surface area contributed by atoms with E-state index in [1.807, 2.05) is 42.5 Å². The Morgan fingerprint density at radius 1 is 1.10 bits per heavy atom. The Kier molecular flexibility index (Phi) is 4.19. The molecule has 1 aliphatic carbocycles. The van der Waals surface area contributed by atoms with Gasteiger partial charge in [0.2, 0.25) is 0 Å². The van der Waals surface area contributed by atoms with E-state index in [4.69, 9.17) is 16.3 Å². The summed E-state index contributed by atoms with van der Waals surface area (Å²) in [6, 6.07) is 14.1. The molecule has 20 heavy (non-hydrogen) atoms. The summed E-state index contributed by atoms with van der Waals surface area (Å²) in [5.74, 6) is 0.803. The van der Waals surface area contributed by atoms with Gasteiger partial charge in [-0.15, -0.1) is 0 Å². The van der Waals surface area contributed by atoms with E-state index >= 15 is 0 Å². The number of ether oxygens (including phenoxy) is 1. The molecule has 0 atom stereocenters. The molecule has 0 radical (unpaired) electrons. The minimum absolute atomic E-state index is 0.471. The second-order valence-electron chi connectivity index (χ2n) is 5.02. The van der Waals surface area contributed by atoms with E-state index in [1.54, 1.807) is 0 Å². The van der Waals surface area contributed by atoms with Crippen molar-refractivity contribution >= 4 is 11.6 Å². The predicted octanol–water partition coefficient (Wildman–Crippen LogP) is 3.57. The Hall–Kier alpha value is -1.58. The highest BCUT2D eigenvalue weighted by molar-refractivity contribution is 6.30. The Balaban J connectivity index is 1.56. The third-order valence-corrected chi connectivity index (χ3v) is 3.47. The van der Waals surface area contributed by atoms with Crippen LogP contribution in [0.15, 0.2) is 42.5 Å². The van der Waals surface area contributed by atoms with Crippen molar-refractivity contribution in [3.8, 4) is 5.75 Å². The standard InChI is InChI=1S/C16H17ClN2O/c17-12-4-8-16(9-5-12)20-11-15-3-1-2-14(19-15)10-18-13-6-7-13/h1-5,8-9,13,18H,6-7,10-11H2. The van der Waals surface area contributed by atoms with Crippen LogP contribution in [-0.4, -0.2) is 11.0 Å². The fourth-order valence-corrected chi connectivity index (χ4v) is 2.06. The lowest BCUT2D eigenvalue weighted by atomic mass is 10.3. The summed E-state index contributed by atoms with van der Waals surface area (Å²) in [6.07, 6.45) is 2.58. The molecular weight excluding hydrogens is 272 g/mol. The van der Waals surface area contributed by atoms with Gasteiger partial charge < -0.3 is 10.1 Å². The smallest absolute Gasteiger partial charge is 0.130 e. The number of hydrogen-bond donors (Lipinski definition) is 1. The number of rotatable bonds is 6. The zero-order valence-electron chi connectivity index (χ0n) is 11.2. The van der Waals surface area contributed by atoms with E-state index < -0.39 is 0 Å². The molecule has 104 valence electrons. The second-order valence-corrected chi connectivity index (χ2v) is 5.45. The molecule has 4 heteroatoms. The normalized spacial score (nSPS) is 14.2. The van der Waals surface area contributed by atoms with Crippen molar-refractivity contribution < 1.29 is 4.74 Å². The molecule has 0 bridgehead atoms. The van der Waals surface area contributed by atoms with Gasteiger partial charge in [0.05, 0.1) is 11.4 Å². The molecule has 1 N–H and O–H groups in total. The number of aromatic nitrogens is 1. The van der Waals surface area contributed by atoms with Gasteiger partial charge in [0.1, 0.15) is 12.4 Å². The van der Waals surface area contributed by atoms with Crippen LogP contribution < -0.4 is 10.1 Å². The van der Waals surface area contributed by atoms with Gasteiger partial charge >= 0.3 is 0 Å². The molecule has 1 aromatic carbocycles. The van der Waals surface area contributed by atoms with Gasteiger partial charge in [-0.1, -0.05) is 17.7 Å². The van der Waals surface area contributed by atoms with Crippen LogP contribution in [0.1, 0.15) is 24.2 Å². The van der Waals surface area contributed by atoms with Crippen LogP contribution in [0.4, 0.5) is 0 Å². The fraction of sp³-hybridized carbons (Fsp3) is 0.312. The molecule has 0 unspecified atom stereocenters. The molecule has 1 saturated carbocycles. The number of nitrogens with zero attached hydrogens (tertiary/aromatic N) is 1. The van der Waals surface area contributed by atoms with E-state index in [9.17, 15) is 0 Å². The summed E-state index contributed by atoms with van der Waals surface area (Å²) in [7, 11) is 0. The van der Waals surface area contributed by atoms with Crippen LogP contribution in [0.3, 0.4) is 0 Å². The summed E-state index contributed by atoms with van der Waals surface area (Å²) >= 11 is 5.84. The second kappa shape index (κ2) is 6.25. The lowest BCUT2D eigenvalue weighted by molar-refractivity contribution is 0.301. The van der Waals surface area contributed by atoms with Crippen LogP contribution in [-0.2, 0) is 13.2 Å². The van der Waals surface area contributed by atoms with Crippen molar-refractivity contribution in [2.45, 2.75) is 32.0 Å². The van der Waals surface area contributed by atoms with Crippen LogP contribution in [0.5, 0.6) is 5.75 Å². The highest BCUT2D eigenvalue weighted by Crippen LogP contribution is 2.19. The van der Waals surface area contributed by atoms with E-state index in [0.29, 0.717) is 17.7 Å². The molecule has 0 spiro atoms. The van der Waals surface area contributed by atoms with Crippen molar-refractivity contribution in [3.63, 3.8) is 0 Å². The molecule has 3 nitrogen and oxygen atoms in total. The molecule has 1 heterocycles. The van der Waals surface area contributed by atoms with Gasteiger partial charge in [-0.05, 0) is 49.2 Å². The minimum atomic E-state index is 0.471. The molecule has 1 fully saturated rings. The minimum Gasteiger partial charge on any atom is -0.487 e. The van der Waals surface area contributed by atoms with Gasteiger partial charge in [-0.2, -0.15) is 0 Å². The highest BCUT2D eigenvalue weighted by Gasteiger charge is 2.20. The first-order chi connectivity index (χ1) is 9.79. The molecule has 1 aromatic heterocycles. The van der Waals surface area contributed by atoms with E-state index in [0.717, 1.165) is 23.7 Å². The first-order valence-corrected chi connectivity index (χ1v) is 7.24. The molecule has 0 saturated heterocycles. The Bertz CT molecular complexity index is 567. The SMILES string of the molecule is Clc1ccc(OCc2cccc(CNC3CC3)n2)cc1. The summed E-state index contributed by atoms with van der Waals surface area (Å²) < 4.78 is 5.70. The van der Waals surface area contributed by atoms with Crippen LogP contribution in [0.2, 0.25) is 5.02 Å². The Labute approximate surface area is 123 Å². The highest BCUT2D eigenvalue weighted by atomic mass is 35.5. The predicted molar refractivity (Wildman–Crippen MR) is 79.9 cm³/mol. The summed E-state index contributed by atoms with van der Waals surface area (Å²) in [5, 5.41) is 4.17. The molecular formula is C16H17ClN2O. The molecule has 0 amide bonds. The van der Waals surface area contributed by atoms with Crippen molar-refractivity contribution in [1.29, 1.82) is 0 Å². The number of pyridine rings is 1. The summed E-state index contributed by atoms with van der Waals surface area (Å²) in [5.41, 5.74) is 2.00. The summed E-state index contributed by atoms with van der Waals surface area (Å²) in [6.45, 7) is 1.30. The van der Waals surface area contributed by atoms with Crippen LogP contribution >= 0.6 is 11.6 Å². The number of benzene rings is 1. The largest absolute Gasteiger partial charge is 0.487 e. The van der Waals surface area contributed by atoms with Gasteiger partial charge in [-0.3, -0.25) is 4.98 Å². The lowest BCUT2D eigenvalue weighted by Crippen LogP contribution is -2.16. The maximum atomic E-state index is 5.84. The molecule has 1 aliphatic rings. The van der Waals surface area contributed by atoms with Crippen molar-refractivity contribution in [2.75, 3.05) is 0 Å². The van der Waals surface area contributed by atoms with Crippen molar-refractivity contribution in [2.24, 2.45) is 0 Å². The zero-order valence-corrected chi connectivity index (χ0v) is 11.9. The average molecular weight is 289 g/mol. The third kappa shape index (κ3) is 3.95. The fourth-order valence-electron chi connectivity index (χ4n) is 1.93. The summed E-state index contributed by atoms with van der Waals surface area (Å²) in [4.78, 5) is 4.59. The number of nitrogens with one attached hydrogen (secondary N) is 1. The van der Waals surface area contributed by atoms with Crippen molar-refractivity contribution in [3.05, 3.63) is 58.9 Å². The maximum Gasteiger partial charge on any atom is 0.130 e. The monoisotopic (exact) mass is 288 g/mol. The van der Waals surface area contributed by atoms with E-state index in [1.165, 1.54) is 12.8 Å². The first-order valence-electron chi connectivity index (χ1n) is 6.86. The topological polar surface area (TPSA) is 34.1 Å². The van der Waals surface area contributed by atoms with E-state index in [2.05, 4.69) is 10.3 Å². The first kappa shape index (κ1) is 13.4. The zero-order chi connectivity index (χ0) is 13.8. The van der Waals surface area contributed by atoms with Crippen molar-refractivity contribution in [1.82, 2.24) is 10.3 Å². The van der Waals surface area contributed by atoms with Gasteiger partial charge in [-0.25, -0.2) is 0 Å². The maximum absolute atomic E-state index is 5.84. The van der Waals surface area contributed by atoms with Crippen LogP contribution in [0, 0.1) is 0 Å². The third-order valence-electron chi connectivity index (χ3n) is 3.21. The molecule has 2 aromatic rings.